The summed E-state index contributed by atoms with van der Waals surface area (Å²) < 4.78 is 5.84. The fourth-order valence-corrected chi connectivity index (χ4v) is 4.93. The lowest BCUT2D eigenvalue weighted by molar-refractivity contribution is -0.941. The minimum Gasteiger partial charge on any atom is -0.507 e. The average Bonchev–Trinajstić information content (AvgIpc) is 2.82. The van der Waals surface area contributed by atoms with Gasteiger partial charge in [-0.1, -0.05) is 60.7 Å². The lowest BCUT2D eigenvalue weighted by atomic mass is 9.90. The molecule has 3 aromatic carbocycles. The van der Waals surface area contributed by atoms with Gasteiger partial charge in [0.1, 0.15) is 25.4 Å². The van der Waals surface area contributed by atoms with Gasteiger partial charge in [-0.3, -0.25) is 0 Å². The van der Waals surface area contributed by atoms with Gasteiger partial charge in [0.25, 0.3) is 0 Å². The SMILES string of the molecule is O=c1oc2c(C[NH+](Cc3ccccc3)Cc3ccccc3)c(O)ccc2c2c1CCCC2. The van der Waals surface area contributed by atoms with E-state index in [9.17, 15) is 9.90 Å². The molecule has 2 N–H and O–H groups in total. The van der Waals surface area contributed by atoms with Crippen molar-refractivity contribution in [3.8, 4) is 5.75 Å². The van der Waals surface area contributed by atoms with Crippen LogP contribution in [-0.4, -0.2) is 5.11 Å². The van der Waals surface area contributed by atoms with Crippen molar-refractivity contribution < 1.29 is 14.4 Å². The van der Waals surface area contributed by atoms with Crippen LogP contribution in [0.2, 0.25) is 0 Å². The van der Waals surface area contributed by atoms with Gasteiger partial charge < -0.3 is 14.4 Å². The summed E-state index contributed by atoms with van der Waals surface area (Å²) in [5.41, 5.74) is 5.42. The largest absolute Gasteiger partial charge is 0.507 e. The molecule has 162 valence electrons. The van der Waals surface area contributed by atoms with E-state index in [1.807, 2.05) is 18.2 Å². The molecule has 1 aliphatic rings. The molecule has 4 nitrogen and oxygen atoms in total. The van der Waals surface area contributed by atoms with E-state index in [-0.39, 0.29) is 11.4 Å². The van der Waals surface area contributed by atoms with Crippen molar-refractivity contribution in [2.24, 2.45) is 0 Å². The fraction of sp³-hybridized carbons (Fsp3) is 0.250. The maximum atomic E-state index is 12.8. The van der Waals surface area contributed by atoms with Crippen LogP contribution in [0.25, 0.3) is 11.0 Å². The van der Waals surface area contributed by atoms with Gasteiger partial charge in [0, 0.05) is 22.1 Å². The van der Waals surface area contributed by atoms with Crippen molar-refractivity contribution in [1.82, 2.24) is 0 Å². The first-order valence-electron chi connectivity index (χ1n) is 11.4. The average molecular weight is 427 g/mol. The number of aryl methyl sites for hydroxylation is 1. The van der Waals surface area contributed by atoms with E-state index in [2.05, 4.69) is 48.5 Å². The number of fused-ring (bicyclic) bond motifs is 3. The molecule has 0 unspecified atom stereocenters. The second kappa shape index (κ2) is 9.01. The number of aromatic hydroxyl groups is 1. The Bertz CT molecular complexity index is 1240. The van der Waals surface area contributed by atoms with Crippen LogP contribution in [-0.2, 0) is 32.5 Å². The van der Waals surface area contributed by atoms with Crippen molar-refractivity contribution in [2.75, 3.05) is 0 Å². The highest BCUT2D eigenvalue weighted by Crippen LogP contribution is 2.32. The zero-order valence-electron chi connectivity index (χ0n) is 18.1. The molecule has 5 rings (SSSR count). The normalized spacial score (nSPS) is 13.4. The van der Waals surface area contributed by atoms with Gasteiger partial charge in [-0.25, -0.2) is 4.79 Å². The van der Waals surface area contributed by atoms with E-state index in [1.54, 1.807) is 6.07 Å². The van der Waals surface area contributed by atoms with Gasteiger partial charge in [0.05, 0.1) is 5.56 Å². The molecule has 1 heterocycles. The van der Waals surface area contributed by atoms with Gasteiger partial charge >= 0.3 is 5.63 Å². The lowest BCUT2D eigenvalue weighted by Crippen LogP contribution is -3.08. The molecule has 1 aromatic heterocycles. The predicted octanol–water partition coefficient (Wildman–Crippen LogP) is 4.16. The monoisotopic (exact) mass is 426 g/mol. The zero-order valence-corrected chi connectivity index (χ0v) is 18.1. The maximum Gasteiger partial charge on any atom is 0.339 e. The molecule has 0 fully saturated rings. The molecule has 1 aliphatic carbocycles. The number of nitrogens with one attached hydrogen (secondary N) is 1. The lowest BCUT2D eigenvalue weighted by Gasteiger charge is -2.22. The van der Waals surface area contributed by atoms with E-state index in [0.29, 0.717) is 12.1 Å². The van der Waals surface area contributed by atoms with Crippen LogP contribution < -0.4 is 10.5 Å². The van der Waals surface area contributed by atoms with Crippen molar-refractivity contribution in [2.45, 2.75) is 45.3 Å². The van der Waals surface area contributed by atoms with Gasteiger partial charge in [0.15, 0.2) is 5.58 Å². The molecular formula is C28H28NO3+. The summed E-state index contributed by atoms with van der Waals surface area (Å²) in [4.78, 5) is 14.0. The third kappa shape index (κ3) is 4.19. The first-order chi connectivity index (χ1) is 15.7. The van der Waals surface area contributed by atoms with Crippen molar-refractivity contribution in [3.63, 3.8) is 0 Å². The Balaban J connectivity index is 1.56. The summed E-state index contributed by atoms with van der Waals surface area (Å²) in [5.74, 6) is 0.190. The minimum absolute atomic E-state index is 0.190. The first kappa shape index (κ1) is 20.5. The number of phenolic OH excluding ortho intramolecular Hbond substituents is 1. The smallest absolute Gasteiger partial charge is 0.339 e. The molecule has 32 heavy (non-hydrogen) atoms. The number of quaternary nitrogens is 1. The van der Waals surface area contributed by atoms with Crippen LogP contribution >= 0.6 is 0 Å². The number of hydrogen-bond acceptors (Lipinski definition) is 3. The van der Waals surface area contributed by atoms with Crippen molar-refractivity contribution in [1.29, 1.82) is 0 Å². The van der Waals surface area contributed by atoms with Gasteiger partial charge in [-0.05, 0) is 43.4 Å². The Hall–Kier alpha value is -3.37. The molecule has 4 aromatic rings. The highest BCUT2D eigenvalue weighted by atomic mass is 16.4. The van der Waals surface area contributed by atoms with Gasteiger partial charge in [0.2, 0.25) is 0 Å². The quantitative estimate of drug-likeness (QED) is 0.455. The second-order valence-corrected chi connectivity index (χ2v) is 8.75. The molecule has 4 heteroatoms. The first-order valence-corrected chi connectivity index (χ1v) is 11.4. The Morgan fingerprint density at radius 2 is 1.34 bits per heavy atom. The van der Waals surface area contributed by atoms with Crippen LogP contribution in [0.15, 0.2) is 82.0 Å². The molecule has 0 radical (unpaired) electrons. The van der Waals surface area contributed by atoms with Gasteiger partial charge in [-0.2, -0.15) is 0 Å². The Kier molecular flexibility index (Phi) is 5.78. The fourth-order valence-electron chi connectivity index (χ4n) is 4.93. The topological polar surface area (TPSA) is 54.9 Å². The van der Waals surface area contributed by atoms with Gasteiger partial charge in [-0.15, -0.1) is 0 Å². The molecule has 0 amide bonds. The number of phenols is 1. The molecule has 0 bridgehead atoms. The third-order valence-electron chi connectivity index (χ3n) is 6.49. The molecule has 0 saturated heterocycles. The van der Waals surface area contributed by atoms with Crippen LogP contribution in [0.4, 0.5) is 0 Å². The van der Waals surface area contributed by atoms with Crippen LogP contribution in [0.1, 0.15) is 40.7 Å². The summed E-state index contributed by atoms with van der Waals surface area (Å²) in [6, 6.07) is 24.4. The van der Waals surface area contributed by atoms with Crippen LogP contribution in [0.3, 0.4) is 0 Å². The maximum absolute atomic E-state index is 12.8. The number of benzene rings is 3. The molecule has 0 atom stereocenters. The minimum atomic E-state index is -0.244. The van der Waals surface area contributed by atoms with Crippen LogP contribution in [0.5, 0.6) is 5.75 Å². The third-order valence-corrected chi connectivity index (χ3v) is 6.49. The number of rotatable bonds is 6. The summed E-state index contributed by atoms with van der Waals surface area (Å²) in [6.45, 7) is 2.18. The Morgan fingerprint density at radius 1 is 0.750 bits per heavy atom. The van der Waals surface area contributed by atoms with E-state index in [0.717, 1.165) is 60.8 Å². The van der Waals surface area contributed by atoms with Crippen molar-refractivity contribution >= 4 is 11.0 Å². The molecular weight excluding hydrogens is 398 g/mol. The second-order valence-electron chi connectivity index (χ2n) is 8.75. The summed E-state index contributed by atoms with van der Waals surface area (Å²) in [5, 5.41) is 11.8. The highest BCUT2D eigenvalue weighted by Gasteiger charge is 2.23. The summed E-state index contributed by atoms with van der Waals surface area (Å²) >= 11 is 0. The van der Waals surface area contributed by atoms with Crippen LogP contribution in [0, 0.1) is 0 Å². The molecule has 0 saturated carbocycles. The van der Waals surface area contributed by atoms with Crippen molar-refractivity contribution in [3.05, 3.63) is 111 Å². The highest BCUT2D eigenvalue weighted by molar-refractivity contribution is 5.86. The summed E-state index contributed by atoms with van der Waals surface area (Å²) in [7, 11) is 0. The predicted molar refractivity (Wildman–Crippen MR) is 126 cm³/mol. The summed E-state index contributed by atoms with van der Waals surface area (Å²) in [6.07, 6.45) is 3.79. The van der Waals surface area contributed by atoms with E-state index < -0.39 is 0 Å². The Labute approximate surface area is 187 Å². The zero-order chi connectivity index (χ0) is 21.9. The Morgan fingerprint density at radius 3 is 1.97 bits per heavy atom. The van der Waals surface area contributed by atoms with E-state index in [1.165, 1.54) is 16.0 Å². The molecule has 0 aliphatic heterocycles. The standard InChI is InChI=1S/C28H27NO3/c30-26-16-15-23-22-13-7-8-14-24(22)28(31)32-27(23)25(26)19-29(17-20-9-3-1-4-10-20)18-21-11-5-2-6-12-21/h1-6,9-12,15-16,30H,7-8,13-14,17-19H2/p+1. The number of hydrogen-bond donors (Lipinski definition) is 2. The van der Waals surface area contributed by atoms with E-state index >= 15 is 0 Å². The van der Waals surface area contributed by atoms with E-state index in [4.69, 9.17) is 4.42 Å². The molecule has 0 spiro atoms.